The van der Waals surface area contributed by atoms with E-state index in [1.165, 1.54) is 12.1 Å². The molecule has 0 heterocycles. The highest BCUT2D eigenvalue weighted by atomic mass is 19.3. The number of nitrogens with two attached hydrogens (primary N) is 1. The van der Waals surface area contributed by atoms with Crippen LogP contribution in [0, 0.1) is 5.41 Å². The quantitative estimate of drug-likeness (QED) is 0.632. The van der Waals surface area contributed by atoms with Gasteiger partial charge < -0.3 is 4.74 Å². The van der Waals surface area contributed by atoms with Crippen LogP contribution >= 0.6 is 0 Å². The van der Waals surface area contributed by atoms with E-state index in [-0.39, 0.29) is 17.2 Å². The summed E-state index contributed by atoms with van der Waals surface area (Å²) in [5.41, 5.74) is 3.59. The van der Waals surface area contributed by atoms with Gasteiger partial charge in [-0.05, 0) is 23.1 Å². The van der Waals surface area contributed by atoms with Gasteiger partial charge in [0, 0.05) is 0 Å². The molecule has 1 aromatic carbocycles. The maximum atomic E-state index is 12.0. The second-order valence-corrected chi connectivity index (χ2v) is 4.91. The topological polar surface area (TPSA) is 47.3 Å². The molecule has 5 heteroatoms. The van der Waals surface area contributed by atoms with Crippen molar-refractivity contribution in [3.63, 3.8) is 0 Å². The van der Waals surface area contributed by atoms with Gasteiger partial charge in [-0.2, -0.15) is 8.78 Å². The zero-order chi connectivity index (χ0) is 13.1. The predicted octanol–water partition coefficient (Wildman–Crippen LogP) is 2.84. The summed E-state index contributed by atoms with van der Waals surface area (Å²) in [6.07, 6.45) is 0. The highest BCUT2D eigenvalue weighted by Gasteiger charge is 2.24. The normalized spacial score (nSPS) is 13.8. The van der Waals surface area contributed by atoms with Crippen LogP contribution < -0.4 is 16.0 Å². The zero-order valence-electron chi connectivity index (χ0n) is 10.2. The van der Waals surface area contributed by atoms with Crippen LogP contribution in [0.25, 0.3) is 0 Å². The number of hydrogen-bond donors (Lipinski definition) is 2. The lowest BCUT2D eigenvalue weighted by atomic mass is 9.83. The summed E-state index contributed by atoms with van der Waals surface area (Å²) in [7, 11) is 0. The van der Waals surface area contributed by atoms with Gasteiger partial charge in [0.1, 0.15) is 5.75 Å². The Balaban J connectivity index is 2.86. The van der Waals surface area contributed by atoms with Gasteiger partial charge >= 0.3 is 6.61 Å². The van der Waals surface area contributed by atoms with Gasteiger partial charge in [-0.1, -0.05) is 32.9 Å². The predicted molar refractivity (Wildman–Crippen MR) is 62.6 cm³/mol. The molecular weight excluding hydrogens is 226 g/mol. The second-order valence-electron chi connectivity index (χ2n) is 4.91. The molecule has 0 aliphatic rings. The van der Waals surface area contributed by atoms with Gasteiger partial charge in [0.05, 0.1) is 6.04 Å². The summed E-state index contributed by atoms with van der Waals surface area (Å²) in [6.45, 7) is 3.33. The first-order valence-corrected chi connectivity index (χ1v) is 5.35. The van der Waals surface area contributed by atoms with Crippen LogP contribution in [0.5, 0.6) is 5.75 Å². The minimum Gasteiger partial charge on any atom is -0.435 e. The lowest BCUT2D eigenvalue weighted by Crippen LogP contribution is -2.36. The fourth-order valence-corrected chi connectivity index (χ4v) is 1.69. The SMILES string of the molecule is CC(C)(C)C(NN)c1ccc(OC(F)F)cc1. The summed E-state index contributed by atoms with van der Waals surface area (Å²) in [5, 5.41) is 0. The first-order valence-electron chi connectivity index (χ1n) is 5.35. The molecule has 96 valence electrons. The number of ether oxygens (including phenoxy) is 1. The largest absolute Gasteiger partial charge is 0.435 e. The second kappa shape index (κ2) is 5.42. The molecule has 17 heavy (non-hydrogen) atoms. The Morgan fingerprint density at radius 3 is 2.06 bits per heavy atom. The average molecular weight is 244 g/mol. The third-order valence-electron chi connectivity index (χ3n) is 2.47. The van der Waals surface area contributed by atoms with E-state index in [0.29, 0.717) is 0 Å². The standard InChI is InChI=1S/C12H18F2N2O/c1-12(2,3)10(16-15)8-4-6-9(7-5-8)17-11(13)14/h4-7,10-11,16H,15H2,1-3H3. The molecule has 3 nitrogen and oxygen atoms in total. The Kier molecular flexibility index (Phi) is 4.42. The fraction of sp³-hybridized carbons (Fsp3) is 0.500. The Labute approximate surface area is 99.9 Å². The highest BCUT2D eigenvalue weighted by Crippen LogP contribution is 2.32. The molecule has 0 saturated carbocycles. The van der Waals surface area contributed by atoms with E-state index in [1.807, 2.05) is 20.8 Å². The van der Waals surface area contributed by atoms with Gasteiger partial charge in [0.15, 0.2) is 0 Å². The van der Waals surface area contributed by atoms with Crippen molar-refractivity contribution in [2.75, 3.05) is 0 Å². The monoisotopic (exact) mass is 244 g/mol. The Morgan fingerprint density at radius 2 is 1.71 bits per heavy atom. The zero-order valence-corrected chi connectivity index (χ0v) is 10.2. The summed E-state index contributed by atoms with van der Waals surface area (Å²) in [5.74, 6) is 5.66. The number of benzene rings is 1. The molecule has 1 aromatic rings. The average Bonchev–Trinajstić information content (AvgIpc) is 2.18. The molecule has 1 rings (SSSR count). The Bertz CT molecular complexity index is 347. The molecule has 0 aliphatic carbocycles. The molecule has 0 bridgehead atoms. The lowest BCUT2D eigenvalue weighted by Gasteiger charge is -2.30. The Morgan fingerprint density at radius 1 is 1.18 bits per heavy atom. The van der Waals surface area contributed by atoms with Gasteiger partial charge in [0.25, 0.3) is 0 Å². The third kappa shape index (κ3) is 3.94. The van der Waals surface area contributed by atoms with Crippen molar-refractivity contribution >= 4 is 0 Å². The summed E-state index contributed by atoms with van der Waals surface area (Å²) in [6, 6.07) is 6.43. The number of nitrogens with one attached hydrogen (secondary N) is 1. The van der Waals surface area contributed by atoms with Gasteiger partial charge in [-0.3, -0.25) is 11.3 Å². The number of hydrazine groups is 1. The maximum Gasteiger partial charge on any atom is 0.387 e. The minimum atomic E-state index is -2.80. The Hall–Kier alpha value is -1.20. The van der Waals surface area contributed by atoms with Crippen molar-refractivity contribution < 1.29 is 13.5 Å². The summed E-state index contributed by atoms with van der Waals surface area (Å²) >= 11 is 0. The van der Waals surface area contributed by atoms with Gasteiger partial charge in [-0.15, -0.1) is 0 Å². The van der Waals surface area contributed by atoms with Crippen LogP contribution in [-0.2, 0) is 0 Å². The van der Waals surface area contributed by atoms with E-state index < -0.39 is 6.61 Å². The van der Waals surface area contributed by atoms with Crippen LogP contribution in [0.4, 0.5) is 8.78 Å². The van der Waals surface area contributed by atoms with Crippen LogP contribution in [0.3, 0.4) is 0 Å². The van der Waals surface area contributed by atoms with E-state index in [4.69, 9.17) is 5.84 Å². The first kappa shape index (κ1) is 13.9. The van der Waals surface area contributed by atoms with Crippen molar-refractivity contribution in [3.8, 4) is 5.75 Å². The lowest BCUT2D eigenvalue weighted by molar-refractivity contribution is -0.0498. The number of hydrogen-bond acceptors (Lipinski definition) is 3. The molecule has 3 N–H and O–H groups in total. The number of alkyl halides is 2. The molecule has 0 aliphatic heterocycles. The van der Waals surface area contributed by atoms with Crippen LogP contribution in [0.15, 0.2) is 24.3 Å². The summed E-state index contributed by atoms with van der Waals surface area (Å²) < 4.78 is 28.2. The maximum absolute atomic E-state index is 12.0. The van der Waals surface area contributed by atoms with E-state index in [1.54, 1.807) is 12.1 Å². The molecule has 0 saturated heterocycles. The molecule has 0 spiro atoms. The van der Waals surface area contributed by atoms with Crippen molar-refractivity contribution in [2.45, 2.75) is 33.4 Å². The number of rotatable bonds is 4. The van der Waals surface area contributed by atoms with Crippen molar-refractivity contribution in [1.82, 2.24) is 5.43 Å². The van der Waals surface area contributed by atoms with Crippen LogP contribution in [0.1, 0.15) is 32.4 Å². The smallest absolute Gasteiger partial charge is 0.387 e. The first-order chi connectivity index (χ1) is 7.84. The molecular formula is C12H18F2N2O. The molecule has 0 fully saturated rings. The third-order valence-corrected chi connectivity index (χ3v) is 2.47. The fourth-order valence-electron chi connectivity index (χ4n) is 1.69. The van der Waals surface area contributed by atoms with E-state index in [0.717, 1.165) is 5.56 Å². The van der Waals surface area contributed by atoms with E-state index >= 15 is 0 Å². The molecule has 0 aromatic heterocycles. The summed E-state index contributed by atoms with van der Waals surface area (Å²) in [4.78, 5) is 0. The number of halogens is 2. The van der Waals surface area contributed by atoms with Crippen LogP contribution in [-0.4, -0.2) is 6.61 Å². The van der Waals surface area contributed by atoms with Crippen molar-refractivity contribution in [1.29, 1.82) is 0 Å². The van der Waals surface area contributed by atoms with Gasteiger partial charge in [-0.25, -0.2) is 0 Å². The highest BCUT2D eigenvalue weighted by molar-refractivity contribution is 5.30. The van der Waals surface area contributed by atoms with E-state index in [2.05, 4.69) is 10.2 Å². The molecule has 1 unspecified atom stereocenters. The molecule has 1 atom stereocenters. The van der Waals surface area contributed by atoms with Crippen molar-refractivity contribution in [3.05, 3.63) is 29.8 Å². The van der Waals surface area contributed by atoms with Gasteiger partial charge in [0.2, 0.25) is 0 Å². The van der Waals surface area contributed by atoms with Crippen molar-refractivity contribution in [2.24, 2.45) is 11.3 Å². The van der Waals surface area contributed by atoms with E-state index in [9.17, 15) is 8.78 Å². The molecule has 0 radical (unpaired) electrons. The van der Waals surface area contributed by atoms with Crippen LogP contribution in [0.2, 0.25) is 0 Å². The molecule has 0 amide bonds. The minimum absolute atomic E-state index is 0.0527.